The second-order valence-corrected chi connectivity index (χ2v) is 4.93. The number of pyridine rings is 2. The summed E-state index contributed by atoms with van der Waals surface area (Å²) in [4.78, 5) is 20.7. The predicted octanol–water partition coefficient (Wildman–Crippen LogP) is 3.44. The Labute approximate surface area is 134 Å². The predicted molar refractivity (Wildman–Crippen MR) is 91.4 cm³/mol. The first-order valence-electron chi connectivity index (χ1n) is 7.23. The van der Waals surface area contributed by atoms with E-state index in [0.717, 1.165) is 22.8 Å². The monoisotopic (exact) mass is 304 g/mol. The van der Waals surface area contributed by atoms with Crippen LogP contribution in [0.3, 0.4) is 0 Å². The quantitative estimate of drug-likeness (QED) is 0.775. The average molecular weight is 304 g/mol. The lowest BCUT2D eigenvalue weighted by atomic mass is 10.1. The fourth-order valence-electron chi connectivity index (χ4n) is 2.17. The van der Waals surface area contributed by atoms with Crippen LogP contribution < -0.4 is 10.6 Å². The zero-order valence-corrected chi connectivity index (χ0v) is 12.7. The molecule has 2 N–H and O–H groups in total. The molecule has 5 heteroatoms. The van der Waals surface area contributed by atoms with Crippen LogP contribution in [0.2, 0.25) is 0 Å². The Hall–Kier alpha value is -3.21. The van der Waals surface area contributed by atoms with Gasteiger partial charge >= 0.3 is 0 Å². The molecular weight excluding hydrogens is 288 g/mol. The molecular formula is C18H16N4O. The molecule has 0 saturated heterocycles. The number of hydrogen-bond donors (Lipinski definition) is 2. The van der Waals surface area contributed by atoms with Gasteiger partial charge in [0.2, 0.25) is 0 Å². The van der Waals surface area contributed by atoms with Crippen molar-refractivity contribution in [3.8, 4) is 11.3 Å². The van der Waals surface area contributed by atoms with Gasteiger partial charge in [0.15, 0.2) is 0 Å². The summed E-state index contributed by atoms with van der Waals surface area (Å²) in [6.07, 6.45) is 3.29. The number of amides is 1. The summed E-state index contributed by atoms with van der Waals surface area (Å²) in [5, 5.41) is 5.80. The van der Waals surface area contributed by atoms with E-state index in [9.17, 15) is 4.79 Å². The van der Waals surface area contributed by atoms with Crippen molar-refractivity contribution in [2.45, 2.75) is 0 Å². The molecule has 23 heavy (non-hydrogen) atoms. The van der Waals surface area contributed by atoms with Gasteiger partial charge in [0.1, 0.15) is 5.82 Å². The number of hydrogen-bond acceptors (Lipinski definition) is 4. The molecule has 0 aliphatic rings. The Kier molecular flexibility index (Phi) is 4.29. The first kappa shape index (κ1) is 14.7. The zero-order chi connectivity index (χ0) is 16.1. The SMILES string of the molecule is CNc1ccc(C(=O)Nc2cccc(-c3ccccn3)c2)cn1. The molecule has 1 amide bonds. The van der Waals surface area contributed by atoms with Gasteiger partial charge in [-0.15, -0.1) is 0 Å². The summed E-state index contributed by atoms with van der Waals surface area (Å²) in [7, 11) is 1.78. The Morgan fingerprint density at radius 1 is 1.00 bits per heavy atom. The van der Waals surface area contributed by atoms with Crippen molar-refractivity contribution in [1.29, 1.82) is 0 Å². The van der Waals surface area contributed by atoms with Crippen LogP contribution in [0.4, 0.5) is 11.5 Å². The number of nitrogens with one attached hydrogen (secondary N) is 2. The van der Waals surface area contributed by atoms with E-state index >= 15 is 0 Å². The molecule has 0 atom stereocenters. The molecule has 0 bridgehead atoms. The summed E-state index contributed by atoms with van der Waals surface area (Å²) in [6.45, 7) is 0. The van der Waals surface area contributed by atoms with Crippen LogP contribution in [-0.4, -0.2) is 22.9 Å². The van der Waals surface area contributed by atoms with E-state index in [1.165, 1.54) is 0 Å². The van der Waals surface area contributed by atoms with Crippen LogP contribution in [-0.2, 0) is 0 Å². The van der Waals surface area contributed by atoms with Gasteiger partial charge < -0.3 is 10.6 Å². The third kappa shape index (κ3) is 3.52. The first-order chi connectivity index (χ1) is 11.3. The first-order valence-corrected chi connectivity index (χ1v) is 7.23. The molecule has 1 aromatic carbocycles. The van der Waals surface area contributed by atoms with E-state index in [1.807, 2.05) is 42.5 Å². The van der Waals surface area contributed by atoms with Crippen molar-refractivity contribution in [3.05, 3.63) is 72.6 Å². The minimum absolute atomic E-state index is 0.196. The van der Waals surface area contributed by atoms with Crippen LogP contribution in [0, 0.1) is 0 Å². The lowest BCUT2D eigenvalue weighted by Crippen LogP contribution is -2.12. The standard InChI is InChI=1S/C18H16N4O/c1-19-17-9-8-14(12-21-17)18(23)22-15-6-4-5-13(11-15)16-7-2-3-10-20-16/h2-12H,1H3,(H,19,21)(H,22,23). The van der Waals surface area contributed by atoms with Gasteiger partial charge in [-0.05, 0) is 36.4 Å². The van der Waals surface area contributed by atoms with E-state index in [2.05, 4.69) is 20.6 Å². The van der Waals surface area contributed by atoms with Crippen molar-refractivity contribution in [3.63, 3.8) is 0 Å². The highest BCUT2D eigenvalue weighted by Gasteiger charge is 2.07. The maximum Gasteiger partial charge on any atom is 0.257 e. The lowest BCUT2D eigenvalue weighted by Gasteiger charge is -2.08. The minimum Gasteiger partial charge on any atom is -0.373 e. The molecule has 0 radical (unpaired) electrons. The zero-order valence-electron chi connectivity index (χ0n) is 12.7. The lowest BCUT2D eigenvalue weighted by molar-refractivity contribution is 0.102. The largest absolute Gasteiger partial charge is 0.373 e. The van der Waals surface area contributed by atoms with Gasteiger partial charge in [-0.3, -0.25) is 9.78 Å². The van der Waals surface area contributed by atoms with E-state index in [-0.39, 0.29) is 5.91 Å². The molecule has 0 unspecified atom stereocenters. The van der Waals surface area contributed by atoms with Gasteiger partial charge in [-0.25, -0.2) is 4.98 Å². The fraction of sp³-hybridized carbons (Fsp3) is 0.0556. The second-order valence-electron chi connectivity index (χ2n) is 4.93. The smallest absolute Gasteiger partial charge is 0.257 e. The van der Waals surface area contributed by atoms with Crippen LogP contribution in [0.15, 0.2) is 67.0 Å². The van der Waals surface area contributed by atoms with Crippen LogP contribution in [0.25, 0.3) is 11.3 Å². The maximum atomic E-state index is 12.3. The molecule has 114 valence electrons. The van der Waals surface area contributed by atoms with Crippen molar-refractivity contribution in [1.82, 2.24) is 9.97 Å². The van der Waals surface area contributed by atoms with Gasteiger partial charge in [0.25, 0.3) is 5.91 Å². The minimum atomic E-state index is -0.196. The second kappa shape index (κ2) is 6.70. The Morgan fingerprint density at radius 3 is 2.61 bits per heavy atom. The van der Waals surface area contributed by atoms with E-state index in [1.54, 1.807) is 31.6 Å². The number of carbonyl (C=O) groups excluding carboxylic acids is 1. The molecule has 0 spiro atoms. The highest BCUT2D eigenvalue weighted by atomic mass is 16.1. The molecule has 3 rings (SSSR count). The van der Waals surface area contributed by atoms with E-state index in [0.29, 0.717) is 5.56 Å². The summed E-state index contributed by atoms with van der Waals surface area (Å²) < 4.78 is 0. The fourth-order valence-corrected chi connectivity index (χ4v) is 2.17. The number of rotatable bonds is 4. The average Bonchev–Trinajstić information content (AvgIpc) is 2.63. The highest BCUT2D eigenvalue weighted by Crippen LogP contribution is 2.21. The molecule has 5 nitrogen and oxygen atoms in total. The van der Waals surface area contributed by atoms with Crippen LogP contribution in [0.1, 0.15) is 10.4 Å². The van der Waals surface area contributed by atoms with E-state index < -0.39 is 0 Å². The van der Waals surface area contributed by atoms with Crippen molar-refractivity contribution >= 4 is 17.4 Å². The molecule has 0 aliphatic carbocycles. The van der Waals surface area contributed by atoms with Gasteiger partial charge in [0.05, 0.1) is 11.3 Å². The van der Waals surface area contributed by atoms with Crippen LogP contribution >= 0.6 is 0 Å². The summed E-state index contributed by atoms with van der Waals surface area (Å²) >= 11 is 0. The van der Waals surface area contributed by atoms with E-state index in [4.69, 9.17) is 0 Å². The van der Waals surface area contributed by atoms with Gasteiger partial charge in [-0.1, -0.05) is 18.2 Å². The van der Waals surface area contributed by atoms with Gasteiger partial charge in [0, 0.05) is 30.7 Å². The number of carbonyl (C=O) groups is 1. The summed E-state index contributed by atoms with van der Waals surface area (Å²) in [6, 6.07) is 16.8. The molecule has 2 aromatic heterocycles. The number of benzene rings is 1. The Bertz CT molecular complexity index is 801. The molecule has 0 fully saturated rings. The Balaban J connectivity index is 1.78. The Morgan fingerprint density at radius 2 is 1.91 bits per heavy atom. The number of aromatic nitrogens is 2. The molecule has 0 aliphatic heterocycles. The molecule has 3 aromatic rings. The maximum absolute atomic E-state index is 12.3. The van der Waals surface area contributed by atoms with Crippen molar-refractivity contribution in [2.24, 2.45) is 0 Å². The topological polar surface area (TPSA) is 66.9 Å². The van der Waals surface area contributed by atoms with Gasteiger partial charge in [-0.2, -0.15) is 0 Å². The van der Waals surface area contributed by atoms with Crippen LogP contribution in [0.5, 0.6) is 0 Å². The number of anilines is 2. The molecule has 0 saturated carbocycles. The third-order valence-corrected chi connectivity index (χ3v) is 3.36. The molecule has 2 heterocycles. The summed E-state index contributed by atoms with van der Waals surface area (Å²) in [5.41, 5.74) is 3.04. The summed E-state index contributed by atoms with van der Waals surface area (Å²) in [5.74, 6) is 0.525. The highest BCUT2D eigenvalue weighted by molar-refractivity contribution is 6.04. The van der Waals surface area contributed by atoms with Crippen molar-refractivity contribution < 1.29 is 4.79 Å². The number of nitrogens with zero attached hydrogens (tertiary/aromatic N) is 2. The van der Waals surface area contributed by atoms with Crippen molar-refractivity contribution in [2.75, 3.05) is 17.7 Å². The third-order valence-electron chi connectivity index (χ3n) is 3.36. The normalized spacial score (nSPS) is 10.1.